The lowest BCUT2D eigenvalue weighted by molar-refractivity contribution is -0.556. The number of carbonyl (C=O) groups is 1. The molecule has 0 fully saturated rings. The summed E-state index contributed by atoms with van der Waals surface area (Å²) in [5.41, 5.74) is 0.617. The number of benzene rings is 2. The molecule has 1 unspecified atom stereocenters. The third kappa shape index (κ3) is 3.82. The zero-order valence-corrected chi connectivity index (χ0v) is 12.2. The van der Waals surface area contributed by atoms with Crippen molar-refractivity contribution in [3.63, 3.8) is 0 Å². The molecule has 0 radical (unpaired) electrons. The number of halogens is 1. The second-order valence-electron chi connectivity index (χ2n) is 4.30. The van der Waals surface area contributed by atoms with E-state index >= 15 is 0 Å². The first-order valence-electron chi connectivity index (χ1n) is 6.31. The predicted octanol–water partition coefficient (Wildman–Crippen LogP) is 3.42. The Morgan fingerprint density at radius 2 is 1.68 bits per heavy atom. The molecule has 0 spiro atoms. The van der Waals surface area contributed by atoms with Crippen LogP contribution in [0.25, 0.3) is 0 Å². The van der Waals surface area contributed by atoms with E-state index in [1.54, 1.807) is 48.5 Å². The van der Waals surface area contributed by atoms with Gasteiger partial charge in [-0.05, 0) is 17.7 Å². The van der Waals surface area contributed by atoms with Crippen molar-refractivity contribution >= 4 is 17.7 Å². The van der Waals surface area contributed by atoms with E-state index in [4.69, 9.17) is 4.74 Å². The zero-order valence-electron chi connectivity index (χ0n) is 11.3. The van der Waals surface area contributed by atoms with Crippen molar-refractivity contribution in [1.82, 2.24) is 0 Å². The molecule has 2 rings (SSSR count). The number of nitro groups is 1. The van der Waals surface area contributed by atoms with E-state index in [0.29, 0.717) is 5.56 Å². The van der Waals surface area contributed by atoms with Gasteiger partial charge in [-0.15, -0.1) is 4.39 Å². The van der Waals surface area contributed by atoms with Crippen LogP contribution < -0.4 is 0 Å². The molecule has 0 aromatic heterocycles. The van der Waals surface area contributed by atoms with E-state index in [2.05, 4.69) is 0 Å². The fourth-order valence-electron chi connectivity index (χ4n) is 1.61. The quantitative estimate of drug-likeness (QED) is 0.204. The molecular formula is C15H12FNO4S. The van der Waals surface area contributed by atoms with Crippen LogP contribution in [0.3, 0.4) is 0 Å². The predicted molar refractivity (Wildman–Crippen MR) is 79.4 cm³/mol. The molecule has 0 aliphatic heterocycles. The summed E-state index contributed by atoms with van der Waals surface area (Å²) in [6.45, 7) is -0.228. The zero-order chi connectivity index (χ0) is 16.0. The van der Waals surface area contributed by atoms with Crippen molar-refractivity contribution in [2.45, 2.75) is 16.6 Å². The van der Waals surface area contributed by atoms with Crippen molar-refractivity contribution < 1.29 is 18.8 Å². The molecule has 22 heavy (non-hydrogen) atoms. The second-order valence-corrected chi connectivity index (χ2v) is 5.51. The molecule has 0 saturated carbocycles. The van der Waals surface area contributed by atoms with Gasteiger partial charge in [0.25, 0.3) is 0 Å². The van der Waals surface area contributed by atoms with E-state index in [1.165, 1.54) is 12.1 Å². The largest absolute Gasteiger partial charge is 0.508 e. The molecule has 7 heteroatoms. The molecule has 0 aliphatic carbocycles. The van der Waals surface area contributed by atoms with Gasteiger partial charge in [-0.3, -0.25) is 10.1 Å². The highest BCUT2D eigenvalue weighted by atomic mass is 32.2. The number of hydrogen-bond acceptors (Lipinski definition) is 5. The maximum Gasteiger partial charge on any atom is 0.508 e. The van der Waals surface area contributed by atoms with Crippen LogP contribution in [0.4, 0.5) is 4.39 Å². The first kappa shape index (κ1) is 16.0. The number of nitrogens with zero attached hydrogens (tertiary/aromatic N) is 1. The molecule has 0 heterocycles. The molecule has 0 N–H and O–H groups in total. The minimum Gasteiger partial charge on any atom is -0.453 e. The summed E-state index contributed by atoms with van der Waals surface area (Å²) in [7, 11) is 0. The van der Waals surface area contributed by atoms with Crippen LogP contribution in [0.15, 0.2) is 65.6 Å². The van der Waals surface area contributed by atoms with Crippen LogP contribution in [-0.2, 0) is 16.1 Å². The average Bonchev–Trinajstić information content (AvgIpc) is 2.54. The number of ether oxygens (including phenoxy) is 1. The van der Waals surface area contributed by atoms with Gasteiger partial charge in [-0.1, -0.05) is 48.5 Å². The molecule has 1 atom stereocenters. The number of carbonyl (C=O) groups excluding carboxylic acids is 1. The van der Waals surface area contributed by atoms with Crippen molar-refractivity contribution in [1.29, 1.82) is 0 Å². The number of rotatable bonds is 6. The van der Waals surface area contributed by atoms with Gasteiger partial charge < -0.3 is 4.74 Å². The van der Waals surface area contributed by atoms with Crippen LogP contribution >= 0.6 is 11.8 Å². The Kier molecular flexibility index (Phi) is 5.11. The van der Waals surface area contributed by atoms with E-state index < -0.39 is 16.0 Å². The molecule has 5 nitrogen and oxygen atoms in total. The molecule has 0 saturated heterocycles. The SMILES string of the molecule is O=C(OCc1ccccc1)C(F)(Sc1ccccc1)[N+](=O)[O-]. The lowest BCUT2D eigenvalue weighted by Gasteiger charge is -2.14. The minimum atomic E-state index is -3.38. The van der Waals surface area contributed by atoms with Gasteiger partial charge in [-0.2, -0.15) is 0 Å². The molecule has 0 amide bonds. The summed E-state index contributed by atoms with van der Waals surface area (Å²) in [4.78, 5) is 21.8. The average molecular weight is 321 g/mol. The summed E-state index contributed by atoms with van der Waals surface area (Å²) >= 11 is 0.202. The van der Waals surface area contributed by atoms with E-state index in [1.807, 2.05) is 0 Å². The molecular weight excluding hydrogens is 309 g/mol. The summed E-state index contributed by atoms with van der Waals surface area (Å²) in [5.74, 6) is -1.53. The molecule has 2 aromatic carbocycles. The van der Waals surface area contributed by atoms with Crippen molar-refractivity contribution in [3.05, 3.63) is 76.3 Å². The molecule has 0 aliphatic rings. The van der Waals surface area contributed by atoms with Crippen molar-refractivity contribution in [3.8, 4) is 0 Å². The monoisotopic (exact) mass is 321 g/mol. The maximum atomic E-state index is 14.5. The third-order valence-corrected chi connectivity index (χ3v) is 3.79. The number of thioether (sulfide) groups is 1. The fourth-order valence-corrected chi connectivity index (χ4v) is 2.43. The van der Waals surface area contributed by atoms with Crippen LogP contribution in [0.5, 0.6) is 0 Å². The van der Waals surface area contributed by atoms with Gasteiger partial charge in [0.05, 0.1) is 4.92 Å². The Balaban J connectivity index is 2.09. The van der Waals surface area contributed by atoms with Crippen LogP contribution in [0, 0.1) is 10.1 Å². The lowest BCUT2D eigenvalue weighted by atomic mass is 10.2. The summed E-state index contributed by atoms with van der Waals surface area (Å²) in [6, 6.07) is 16.4. The van der Waals surface area contributed by atoms with Crippen LogP contribution in [-0.4, -0.2) is 16.0 Å². The molecule has 114 valence electrons. The summed E-state index contributed by atoms with van der Waals surface area (Å²) in [5, 5.41) is 7.61. The molecule has 2 aromatic rings. The Bertz CT molecular complexity index is 653. The first-order chi connectivity index (χ1) is 10.5. The number of esters is 1. The Morgan fingerprint density at radius 1 is 1.14 bits per heavy atom. The standard InChI is InChI=1S/C15H12FNO4S/c16-15(17(19)20,22-13-9-5-2-6-10-13)14(18)21-11-12-7-3-1-4-8-12/h1-10H,11H2. The van der Waals surface area contributed by atoms with E-state index in [-0.39, 0.29) is 23.3 Å². The van der Waals surface area contributed by atoms with Gasteiger partial charge in [0, 0.05) is 16.7 Å². The minimum absolute atomic E-state index is 0.202. The number of alkyl halides is 1. The Morgan fingerprint density at radius 3 is 2.23 bits per heavy atom. The molecule has 0 bridgehead atoms. The van der Waals surface area contributed by atoms with Crippen LogP contribution in [0.2, 0.25) is 0 Å². The van der Waals surface area contributed by atoms with Crippen LogP contribution in [0.1, 0.15) is 5.56 Å². The summed E-state index contributed by atoms with van der Waals surface area (Å²) in [6.07, 6.45) is 0. The van der Waals surface area contributed by atoms with Gasteiger partial charge in [0.2, 0.25) is 0 Å². The highest BCUT2D eigenvalue weighted by Crippen LogP contribution is 2.36. The number of hydrogen-bond donors (Lipinski definition) is 0. The maximum absolute atomic E-state index is 14.5. The topological polar surface area (TPSA) is 69.4 Å². The van der Waals surface area contributed by atoms with Gasteiger partial charge in [-0.25, -0.2) is 4.79 Å². The van der Waals surface area contributed by atoms with Gasteiger partial charge in [0.1, 0.15) is 6.61 Å². The normalized spacial score (nSPS) is 13.1. The second kappa shape index (κ2) is 7.04. The Labute approximate surface area is 130 Å². The lowest BCUT2D eigenvalue weighted by Crippen LogP contribution is -2.40. The third-order valence-electron chi connectivity index (χ3n) is 2.70. The highest BCUT2D eigenvalue weighted by molar-refractivity contribution is 8.01. The fraction of sp³-hybridized carbons (Fsp3) is 0.133. The van der Waals surface area contributed by atoms with Gasteiger partial charge >= 0.3 is 11.1 Å². The Hall–Kier alpha value is -2.41. The smallest absolute Gasteiger partial charge is 0.453 e. The first-order valence-corrected chi connectivity index (χ1v) is 7.12. The van der Waals surface area contributed by atoms with Gasteiger partial charge in [0.15, 0.2) is 0 Å². The van der Waals surface area contributed by atoms with Crippen molar-refractivity contribution in [2.75, 3.05) is 0 Å². The van der Waals surface area contributed by atoms with E-state index in [0.717, 1.165) is 0 Å². The summed E-state index contributed by atoms with van der Waals surface area (Å²) < 4.78 is 19.2. The highest BCUT2D eigenvalue weighted by Gasteiger charge is 2.55. The van der Waals surface area contributed by atoms with E-state index in [9.17, 15) is 19.3 Å². The van der Waals surface area contributed by atoms with Crippen molar-refractivity contribution in [2.24, 2.45) is 0 Å².